The van der Waals surface area contributed by atoms with E-state index in [4.69, 9.17) is 9.47 Å². The second kappa shape index (κ2) is 7.08. The standard InChI is InChI=1S/C16H22N2O5S/c1-24(20,21)17-7-12-10-23-15-9-18(8-14(12)15)16(19)11-22-13-5-3-2-4-6-13/h2-6,12,14-15,17H,7-11H2,1H3/t12-,14-,15-/m1/s1. The molecule has 0 spiro atoms. The molecule has 2 saturated heterocycles. The SMILES string of the molecule is CS(=O)(=O)NC[C@@H]1CO[C@@H]2CN(C(=O)COc3ccccc3)C[C@H]12. The Labute approximate surface area is 142 Å². The van der Waals surface area contributed by atoms with Gasteiger partial charge in [-0.3, -0.25) is 4.79 Å². The summed E-state index contributed by atoms with van der Waals surface area (Å²) in [4.78, 5) is 14.0. The number of carbonyl (C=O) groups excluding carboxylic acids is 1. The lowest BCUT2D eigenvalue weighted by Crippen LogP contribution is -2.36. The summed E-state index contributed by atoms with van der Waals surface area (Å²) in [5.74, 6) is 0.848. The van der Waals surface area contributed by atoms with Crippen LogP contribution in [0.25, 0.3) is 0 Å². The largest absolute Gasteiger partial charge is 0.484 e. The molecule has 1 aromatic carbocycles. The van der Waals surface area contributed by atoms with Gasteiger partial charge in [-0.05, 0) is 12.1 Å². The van der Waals surface area contributed by atoms with E-state index in [1.54, 1.807) is 4.90 Å². The summed E-state index contributed by atoms with van der Waals surface area (Å²) in [5.41, 5.74) is 0. The smallest absolute Gasteiger partial charge is 0.260 e. The van der Waals surface area contributed by atoms with Crippen LogP contribution in [0.2, 0.25) is 0 Å². The number of carbonyl (C=O) groups is 1. The Kier molecular flexibility index (Phi) is 5.07. The third-order valence-corrected chi connectivity index (χ3v) is 5.20. The number of amides is 1. The van der Waals surface area contributed by atoms with Crippen LogP contribution in [0.5, 0.6) is 5.75 Å². The minimum Gasteiger partial charge on any atom is -0.484 e. The van der Waals surface area contributed by atoms with Crippen LogP contribution in [0.1, 0.15) is 0 Å². The number of rotatable bonds is 6. The summed E-state index contributed by atoms with van der Waals surface area (Å²) in [7, 11) is -3.22. The lowest BCUT2D eigenvalue weighted by Gasteiger charge is -2.20. The molecule has 3 rings (SSSR count). The van der Waals surface area contributed by atoms with Gasteiger partial charge in [0.25, 0.3) is 5.91 Å². The molecular formula is C16H22N2O5S. The predicted molar refractivity (Wildman–Crippen MR) is 88.1 cm³/mol. The Hall–Kier alpha value is -1.64. The number of hydrogen-bond donors (Lipinski definition) is 1. The van der Waals surface area contributed by atoms with Crippen LogP contribution in [0.3, 0.4) is 0 Å². The van der Waals surface area contributed by atoms with Crippen LogP contribution in [-0.4, -0.2) is 64.4 Å². The quantitative estimate of drug-likeness (QED) is 0.783. The molecule has 1 aromatic rings. The van der Waals surface area contributed by atoms with Gasteiger partial charge in [0.2, 0.25) is 10.0 Å². The van der Waals surface area contributed by atoms with Crippen LogP contribution in [0, 0.1) is 11.8 Å². The topological polar surface area (TPSA) is 84.9 Å². The number of benzene rings is 1. The first kappa shape index (κ1) is 17.2. The van der Waals surface area contributed by atoms with Gasteiger partial charge in [-0.15, -0.1) is 0 Å². The fourth-order valence-electron chi connectivity index (χ4n) is 3.22. The number of para-hydroxylation sites is 1. The van der Waals surface area contributed by atoms with E-state index >= 15 is 0 Å². The minimum absolute atomic E-state index is 0.00426. The molecule has 0 aromatic heterocycles. The molecule has 0 saturated carbocycles. The summed E-state index contributed by atoms with van der Waals surface area (Å²) in [6.45, 7) is 1.99. The zero-order valence-electron chi connectivity index (χ0n) is 13.6. The maximum atomic E-state index is 12.3. The van der Waals surface area contributed by atoms with E-state index in [2.05, 4.69) is 4.72 Å². The summed E-state index contributed by atoms with van der Waals surface area (Å²) in [5, 5.41) is 0. The van der Waals surface area contributed by atoms with Gasteiger partial charge in [-0.25, -0.2) is 13.1 Å². The molecule has 2 heterocycles. The van der Waals surface area contributed by atoms with Gasteiger partial charge < -0.3 is 14.4 Å². The van der Waals surface area contributed by atoms with Crippen molar-refractivity contribution in [2.45, 2.75) is 6.10 Å². The predicted octanol–water partition coefficient (Wildman–Crippen LogP) is 0.0880. The molecule has 7 nitrogen and oxygen atoms in total. The van der Waals surface area contributed by atoms with E-state index in [-0.39, 0.29) is 30.5 Å². The highest BCUT2D eigenvalue weighted by atomic mass is 32.2. The van der Waals surface area contributed by atoms with Crippen molar-refractivity contribution in [2.75, 3.05) is 39.1 Å². The molecule has 0 radical (unpaired) electrons. The summed E-state index contributed by atoms with van der Waals surface area (Å²) in [6.07, 6.45) is 1.13. The Balaban J connectivity index is 1.50. The van der Waals surface area contributed by atoms with Crippen LogP contribution >= 0.6 is 0 Å². The van der Waals surface area contributed by atoms with E-state index in [1.807, 2.05) is 30.3 Å². The first-order chi connectivity index (χ1) is 11.4. The number of hydrogen-bond acceptors (Lipinski definition) is 5. The van der Waals surface area contributed by atoms with E-state index in [9.17, 15) is 13.2 Å². The molecule has 2 aliphatic rings. The van der Waals surface area contributed by atoms with Gasteiger partial charge in [0.15, 0.2) is 6.61 Å². The fraction of sp³-hybridized carbons (Fsp3) is 0.562. The maximum Gasteiger partial charge on any atom is 0.260 e. The molecular weight excluding hydrogens is 332 g/mol. The van der Waals surface area contributed by atoms with Crippen molar-refractivity contribution in [1.29, 1.82) is 0 Å². The Morgan fingerprint density at radius 3 is 2.79 bits per heavy atom. The van der Waals surface area contributed by atoms with E-state index in [1.165, 1.54) is 0 Å². The first-order valence-corrected chi connectivity index (χ1v) is 9.83. The molecule has 132 valence electrons. The highest BCUT2D eigenvalue weighted by Crippen LogP contribution is 2.33. The number of sulfonamides is 1. The monoisotopic (exact) mass is 354 g/mol. The van der Waals surface area contributed by atoms with E-state index in [0.717, 1.165) is 6.26 Å². The Bertz CT molecular complexity index is 679. The lowest BCUT2D eigenvalue weighted by atomic mass is 9.93. The van der Waals surface area contributed by atoms with E-state index < -0.39 is 10.0 Å². The molecule has 0 aliphatic carbocycles. The molecule has 2 fully saturated rings. The van der Waals surface area contributed by atoms with Crippen LogP contribution in [0.4, 0.5) is 0 Å². The average molecular weight is 354 g/mol. The normalized spacial score (nSPS) is 26.4. The van der Waals surface area contributed by atoms with Crippen molar-refractivity contribution in [3.05, 3.63) is 30.3 Å². The molecule has 8 heteroatoms. The zero-order valence-corrected chi connectivity index (χ0v) is 14.4. The van der Waals surface area contributed by atoms with Crippen molar-refractivity contribution >= 4 is 15.9 Å². The second-order valence-corrected chi connectivity index (χ2v) is 8.15. The van der Waals surface area contributed by atoms with Crippen molar-refractivity contribution in [3.8, 4) is 5.75 Å². The van der Waals surface area contributed by atoms with Gasteiger partial charge in [0.05, 0.1) is 19.0 Å². The van der Waals surface area contributed by atoms with Gasteiger partial charge in [-0.2, -0.15) is 0 Å². The molecule has 24 heavy (non-hydrogen) atoms. The fourth-order valence-corrected chi connectivity index (χ4v) is 3.74. The highest BCUT2D eigenvalue weighted by Gasteiger charge is 2.45. The summed E-state index contributed by atoms with van der Waals surface area (Å²) < 4.78 is 36.2. The zero-order chi connectivity index (χ0) is 17.2. The van der Waals surface area contributed by atoms with Crippen LogP contribution < -0.4 is 9.46 Å². The summed E-state index contributed by atoms with van der Waals surface area (Å²) >= 11 is 0. The van der Waals surface area contributed by atoms with Crippen molar-refractivity contribution in [2.24, 2.45) is 11.8 Å². The molecule has 0 bridgehead atoms. The van der Waals surface area contributed by atoms with Crippen LogP contribution in [-0.2, 0) is 19.6 Å². The number of fused-ring (bicyclic) bond motifs is 1. The highest BCUT2D eigenvalue weighted by molar-refractivity contribution is 7.88. The number of nitrogens with zero attached hydrogens (tertiary/aromatic N) is 1. The molecule has 1 N–H and O–H groups in total. The number of ether oxygens (including phenoxy) is 2. The molecule has 2 aliphatic heterocycles. The first-order valence-electron chi connectivity index (χ1n) is 7.94. The third-order valence-electron chi connectivity index (χ3n) is 4.50. The van der Waals surface area contributed by atoms with Gasteiger partial charge in [0.1, 0.15) is 5.75 Å². The second-order valence-electron chi connectivity index (χ2n) is 6.32. The Morgan fingerprint density at radius 2 is 2.08 bits per heavy atom. The van der Waals surface area contributed by atoms with Crippen molar-refractivity contribution < 1.29 is 22.7 Å². The van der Waals surface area contributed by atoms with Crippen molar-refractivity contribution in [3.63, 3.8) is 0 Å². The maximum absolute atomic E-state index is 12.3. The molecule has 1 amide bonds. The number of likely N-dealkylation sites (tertiary alicyclic amines) is 1. The third kappa shape index (κ3) is 4.25. The van der Waals surface area contributed by atoms with E-state index in [0.29, 0.717) is 32.0 Å². The number of nitrogens with one attached hydrogen (secondary N) is 1. The molecule has 0 unspecified atom stereocenters. The Morgan fingerprint density at radius 1 is 1.33 bits per heavy atom. The lowest BCUT2D eigenvalue weighted by molar-refractivity contribution is -0.133. The van der Waals surface area contributed by atoms with Gasteiger partial charge in [0, 0.05) is 31.5 Å². The summed E-state index contributed by atoms with van der Waals surface area (Å²) in [6, 6.07) is 9.21. The molecule has 3 atom stereocenters. The van der Waals surface area contributed by atoms with Gasteiger partial charge in [-0.1, -0.05) is 18.2 Å². The minimum atomic E-state index is -3.22. The van der Waals surface area contributed by atoms with Crippen molar-refractivity contribution in [1.82, 2.24) is 9.62 Å². The van der Waals surface area contributed by atoms with Crippen LogP contribution in [0.15, 0.2) is 30.3 Å². The van der Waals surface area contributed by atoms with Gasteiger partial charge >= 0.3 is 0 Å². The average Bonchev–Trinajstić information content (AvgIpc) is 3.11.